The highest BCUT2D eigenvalue weighted by Gasteiger charge is 2.58. The highest BCUT2D eigenvalue weighted by Crippen LogP contribution is 2.64. The molecule has 0 N–H and O–H groups in total. The van der Waals surface area contributed by atoms with Crippen molar-refractivity contribution in [3.63, 3.8) is 0 Å². The SMILES string of the molecule is C[C@]12CC[C@@H](OC(=O)CI)CC1=CC[C@H]1[C@H]2CC[C@]2(C)C(=O)CC[C@H]12. The van der Waals surface area contributed by atoms with Crippen molar-refractivity contribution in [1.29, 1.82) is 0 Å². The van der Waals surface area contributed by atoms with Gasteiger partial charge < -0.3 is 4.74 Å². The van der Waals surface area contributed by atoms with E-state index in [2.05, 4.69) is 42.5 Å². The summed E-state index contributed by atoms with van der Waals surface area (Å²) in [5.74, 6) is 2.40. The molecule has 138 valence electrons. The Kier molecular flexibility index (Phi) is 4.57. The van der Waals surface area contributed by atoms with Crippen molar-refractivity contribution in [2.75, 3.05) is 4.43 Å². The quantitative estimate of drug-likeness (QED) is 0.258. The van der Waals surface area contributed by atoms with Crippen LogP contribution in [0.1, 0.15) is 65.2 Å². The van der Waals surface area contributed by atoms with Crippen LogP contribution in [0.2, 0.25) is 0 Å². The van der Waals surface area contributed by atoms with Gasteiger partial charge in [0.25, 0.3) is 0 Å². The molecular formula is C21H29IO3. The van der Waals surface area contributed by atoms with E-state index in [4.69, 9.17) is 4.74 Å². The number of halogens is 1. The van der Waals surface area contributed by atoms with Gasteiger partial charge in [0.2, 0.25) is 0 Å². The molecule has 0 unspecified atom stereocenters. The Labute approximate surface area is 164 Å². The normalized spacial score (nSPS) is 45.9. The van der Waals surface area contributed by atoms with Crippen molar-refractivity contribution in [1.82, 2.24) is 0 Å². The summed E-state index contributed by atoms with van der Waals surface area (Å²) in [6, 6.07) is 0. The molecule has 6 atom stereocenters. The smallest absolute Gasteiger partial charge is 0.316 e. The lowest BCUT2D eigenvalue weighted by atomic mass is 9.48. The number of hydrogen-bond acceptors (Lipinski definition) is 3. The lowest BCUT2D eigenvalue weighted by molar-refractivity contribution is -0.147. The fraction of sp³-hybridized carbons (Fsp3) is 0.810. The molecule has 0 aromatic carbocycles. The lowest BCUT2D eigenvalue weighted by Crippen LogP contribution is -2.50. The van der Waals surface area contributed by atoms with Crippen LogP contribution in [0.25, 0.3) is 0 Å². The van der Waals surface area contributed by atoms with E-state index in [0.717, 1.165) is 44.9 Å². The minimum absolute atomic E-state index is 0.0457. The number of carbonyl (C=O) groups excluding carboxylic acids is 2. The minimum Gasteiger partial charge on any atom is -0.461 e. The number of hydrogen-bond donors (Lipinski definition) is 0. The van der Waals surface area contributed by atoms with Gasteiger partial charge in [-0.2, -0.15) is 0 Å². The molecule has 0 aliphatic heterocycles. The van der Waals surface area contributed by atoms with Gasteiger partial charge in [-0.05, 0) is 61.7 Å². The van der Waals surface area contributed by atoms with Crippen LogP contribution in [0.15, 0.2) is 11.6 Å². The molecule has 4 aliphatic rings. The largest absolute Gasteiger partial charge is 0.461 e. The molecule has 0 radical (unpaired) electrons. The van der Waals surface area contributed by atoms with Gasteiger partial charge >= 0.3 is 5.97 Å². The van der Waals surface area contributed by atoms with E-state index in [0.29, 0.717) is 28.0 Å². The molecule has 3 saturated carbocycles. The molecule has 0 bridgehead atoms. The Bertz CT molecular complexity index is 627. The van der Waals surface area contributed by atoms with Gasteiger partial charge in [-0.1, -0.05) is 48.1 Å². The summed E-state index contributed by atoms with van der Waals surface area (Å²) in [4.78, 5) is 24.1. The summed E-state index contributed by atoms with van der Waals surface area (Å²) < 4.78 is 6.07. The number of ether oxygens (including phenoxy) is 1. The van der Waals surface area contributed by atoms with Crippen LogP contribution in [-0.2, 0) is 14.3 Å². The van der Waals surface area contributed by atoms with E-state index in [1.807, 2.05) is 0 Å². The maximum absolute atomic E-state index is 12.5. The van der Waals surface area contributed by atoms with Gasteiger partial charge in [0, 0.05) is 18.3 Å². The van der Waals surface area contributed by atoms with Crippen LogP contribution in [-0.4, -0.2) is 22.3 Å². The Hall–Kier alpha value is -0.390. The Balaban J connectivity index is 1.56. The van der Waals surface area contributed by atoms with E-state index >= 15 is 0 Å². The molecule has 25 heavy (non-hydrogen) atoms. The second-order valence-corrected chi connectivity index (χ2v) is 9.93. The lowest BCUT2D eigenvalue weighted by Gasteiger charge is -2.56. The van der Waals surface area contributed by atoms with Crippen molar-refractivity contribution >= 4 is 34.3 Å². The number of allylic oxidation sites excluding steroid dienone is 1. The number of Topliss-reactive ketones (excluding diaryl/α,β-unsaturated/α-hetero) is 1. The van der Waals surface area contributed by atoms with Gasteiger partial charge in [-0.15, -0.1) is 0 Å². The van der Waals surface area contributed by atoms with Crippen LogP contribution in [0.5, 0.6) is 0 Å². The van der Waals surface area contributed by atoms with E-state index in [-0.39, 0.29) is 22.9 Å². The van der Waals surface area contributed by atoms with E-state index in [9.17, 15) is 9.59 Å². The second kappa shape index (κ2) is 6.35. The molecule has 0 aromatic heterocycles. The number of carbonyl (C=O) groups is 2. The molecule has 4 heteroatoms. The fourth-order valence-electron chi connectivity index (χ4n) is 6.72. The zero-order chi connectivity index (χ0) is 17.8. The fourth-order valence-corrected chi connectivity index (χ4v) is 6.90. The summed E-state index contributed by atoms with van der Waals surface area (Å²) in [6.07, 6.45) is 10.8. The number of esters is 1. The average Bonchev–Trinajstić information content (AvgIpc) is 2.90. The van der Waals surface area contributed by atoms with Crippen molar-refractivity contribution in [3.05, 3.63) is 11.6 Å². The molecule has 0 saturated heterocycles. The first-order valence-electron chi connectivity index (χ1n) is 9.87. The Morgan fingerprint density at radius 1 is 1.20 bits per heavy atom. The number of rotatable bonds is 2. The van der Waals surface area contributed by atoms with Crippen molar-refractivity contribution in [3.8, 4) is 0 Å². The predicted octanol–water partition coefficient (Wildman–Crippen LogP) is 4.87. The van der Waals surface area contributed by atoms with Gasteiger partial charge in [0.05, 0.1) is 4.43 Å². The molecule has 0 amide bonds. The highest BCUT2D eigenvalue weighted by molar-refractivity contribution is 14.1. The molecule has 3 nitrogen and oxygen atoms in total. The summed E-state index contributed by atoms with van der Waals surface area (Å²) >= 11 is 2.07. The van der Waals surface area contributed by atoms with Crippen molar-refractivity contribution < 1.29 is 14.3 Å². The molecule has 3 fully saturated rings. The van der Waals surface area contributed by atoms with Gasteiger partial charge in [-0.3, -0.25) is 9.59 Å². The third-order valence-electron chi connectivity index (χ3n) is 8.17. The third-order valence-corrected chi connectivity index (χ3v) is 8.80. The zero-order valence-electron chi connectivity index (χ0n) is 15.4. The van der Waals surface area contributed by atoms with E-state index in [1.54, 1.807) is 0 Å². The summed E-state index contributed by atoms with van der Waals surface area (Å²) in [6.45, 7) is 4.69. The molecule has 4 rings (SSSR count). The van der Waals surface area contributed by atoms with Crippen molar-refractivity contribution in [2.45, 2.75) is 71.3 Å². The molecule has 0 aromatic rings. The number of ketones is 1. The van der Waals surface area contributed by atoms with E-state index in [1.165, 1.54) is 12.0 Å². The summed E-state index contributed by atoms with van der Waals surface area (Å²) in [7, 11) is 0. The standard InChI is InChI=1S/C21H29IO3/c1-20-9-7-14(25-19(24)12-22)11-13(20)3-4-15-16-5-6-18(23)21(16,2)10-8-17(15)20/h3,14-17H,4-12H2,1-2H3/t14-,15-,16-,17-,20+,21+/m1/s1. The maximum atomic E-state index is 12.5. The first kappa shape index (κ1) is 18.0. The average molecular weight is 456 g/mol. The molecular weight excluding hydrogens is 427 g/mol. The Morgan fingerprint density at radius 3 is 2.68 bits per heavy atom. The topological polar surface area (TPSA) is 43.4 Å². The van der Waals surface area contributed by atoms with E-state index < -0.39 is 0 Å². The predicted molar refractivity (Wildman–Crippen MR) is 105 cm³/mol. The van der Waals surface area contributed by atoms with Gasteiger partial charge in [-0.25, -0.2) is 0 Å². The minimum atomic E-state index is -0.0820. The Morgan fingerprint density at radius 2 is 1.92 bits per heavy atom. The van der Waals surface area contributed by atoms with Gasteiger partial charge in [0.15, 0.2) is 0 Å². The summed E-state index contributed by atoms with van der Waals surface area (Å²) in [5, 5.41) is 0. The van der Waals surface area contributed by atoms with Crippen LogP contribution in [0, 0.1) is 28.6 Å². The molecule has 4 aliphatic carbocycles. The number of alkyl halides is 1. The maximum Gasteiger partial charge on any atom is 0.316 e. The zero-order valence-corrected chi connectivity index (χ0v) is 17.5. The number of fused-ring (bicyclic) bond motifs is 5. The monoisotopic (exact) mass is 456 g/mol. The molecule has 0 spiro atoms. The third kappa shape index (κ3) is 2.72. The first-order valence-corrected chi connectivity index (χ1v) is 11.4. The van der Waals surface area contributed by atoms with Crippen LogP contribution in [0.3, 0.4) is 0 Å². The van der Waals surface area contributed by atoms with Gasteiger partial charge in [0.1, 0.15) is 11.9 Å². The summed E-state index contributed by atoms with van der Waals surface area (Å²) in [5.41, 5.74) is 1.73. The first-order chi connectivity index (χ1) is 11.9. The van der Waals surface area contributed by atoms with Crippen molar-refractivity contribution in [2.24, 2.45) is 28.6 Å². The van der Waals surface area contributed by atoms with Crippen LogP contribution >= 0.6 is 22.6 Å². The highest BCUT2D eigenvalue weighted by atomic mass is 127. The van der Waals surface area contributed by atoms with Crippen LogP contribution in [0.4, 0.5) is 0 Å². The van der Waals surface area contributed by atoms with Crippen LogP contribution < -0.4 is 0 Å². The molecule has 0 heterocycles. The second-order valence-electron chi connectivity index (χ2n) is 9.17.